The predicted octanol–water partition coefficient (Wildman–Crippen LogP) is 2.76. The van der Waals surface area contributed by atoms with Crippen molar-refractivity contribution < 1.29 is 14.3 Å². The number of hydrogen-bond acceptors (Lipinski definition) is 2. The minimum Gasteiger partial charge on any atom is -0.508 e. The summed E-state index contributed by atoms with van der Waals surface area (Å²) in [7, 11) is 4.72. The molecule has 4 atom stereocenters. The molecule has 1 aromatic carbocycles. The number of quaternary nitrogens is 1. The SMILES string of the molecule is C=C1CCC2C3Cc4c(O)ccc5c4[C@@]2(CC[N+]3(C)C)C1O5. The highest BCUT2D eigenvalue weighted by Crippen LogP contribution is 2.64. The zero-order chi connectivity index (χ0) is 15.3. The molecule has 2 fully saturated rings. The molecule has 2 aliphatic carbocycles. The monoisotopic (exact) mass is 298 g/mol. The van der Waals surface area contributed by atoms with E-state index in [4.69, 9.17) is 4.74 Å². The van der Waals surface area contributed by atoms with Crippen LogP contribution in [0, 0.1) is 5.92 Å². The van der Waals surface area contributed by atoms with Gasteiger partial charge in [0.1, 0.15) is 17.6 Å². The van der Waals surface area contributed by atoms with Crippen molar-refractivity contribution in [2.75, 3.05) is 20.6 Å². The summed E-state index contributed by atoms with van der Waals surface area (Å²) >= 11 is 0. The molecule has 116 valence electrons. The van der Waals surface area contributed by atoms with Gasteiger partial charge in [0.25, 0.3) is 0 Å². The van der Waals surface area contributed by atoms with E-state index in [1.807, 2.05) is 12.1 Å². The number of aromatic hydroxyl groups is 1. The molecule has 0 radical (unpaired) electrons. The Morgan fingerprint density at radius 3 is 3.00 bits per heavy atom. The molecule has 3 heteroatoms. The lowest BCUT2D eigenvalue weighted by Crippen LogP contribution is -2.69. The molecule has 5 rings (SSSR count). The van der Waals surface area contributed by atoms with Gasteiger partial charge in [-0.25, -0.2) is 0 Å². The Bertz CT molecular complexity index is 708. The number of piperidine rings is 1. The van der Waals surface area contributed by atoms with Crippen molar-refractivity contribution in [3.05, 3.63) is 35.4 Å². The van der Waals surface area contributed by atoms with Crippen LogP contribution in [0.1, 0.15) is 30.4 Å². The summed E-state index contributed by atoms with van der Waals surface area (Å²) in [5.74, 6) is 2.13. The predicted molar refractivity (Wildman–Crippen MR) is 85.1 cm³/mol. The fraction of sp³-hybridized carbons (Fsp3) is 0.579. The molecule has 1 aromatic rings. The normalized spacial score (nSPS) is 40.1. The quantitative estimate of drug-likeness (QED) is 0.589. The molecule has 4 aliphatic rings. The van der Waals surface area contributed by atoms with Crippen molar-refractivity contribution in [3.63, 3.8) is 0 Å². The number of nitrogens with zero attached hydrogens (tertiary/aromatic N) is 1. The number of phenols is 1. The number of rotatable bonds is 0. The van der Waals surface area contributed by atoms with Crippen LogP contribution in [-0.2, 0) is 11.8 Å². The van der Waals surface area contributed by atoms with Crippen LogP contribution in [0.25, 0.3) is 0 Å². The smallest absolute Gasteiger partial charge is 0.130 e. The second-order valence-electron chi connectivity index (χ2n) is 8.30. The molecule has 22 heavy (non-hydrogen) atoms. The molecular formula is C19H24NO2+. The van der Waals surface area contributed by atoms with Gasteiger partial charge in [0.05, 0.1) is 32.1 Å². The van der Waals surface area contributed by atoms with E-state index in [0.717, 1.165) is 35.1 Å². The lowest BCUT2D eigenvalue weighted by molar-refractivity contribution is -0.927. The molecule has 3 nitrogen and oxygen atoms in total. The Hall–Kier alpha value is -1.48. The van der Waals surface area contributed by atoms with E-state index < -0.39 is 0 Å². The van der Waals surface area contributed by atoms with Gasteiger partial charge < -0.3 is 14.3 Å². The van der Waals surface area contributed by atoms with Crippen molar-refractivity contribution >= 4 is 0 Å². The third-order valence-corrected chi connectivity index (χ3v) is 7.11. The fourth-order valence-corrected chi connectivity index (χ4v) is 6.05. The molecule has 0 amide bonds. The Balaban J connectivity index is 1.83. The molecule has 2 bridgehead atoms. The van der Waals surface area contributed by atoms with Crippen molar-refractivity contribution in [1.82, 2.24) is 0 Å². The van der Waals surface area contributed by atoms with Gasteiger partial charge in [0.15, 0.2) is 0 Å². The number of likely N-dealkylation sites (tertiary alicyclic amines) is 1. The van der Waals surface area contributed by atoms with Gasteiger partial charge in [-0.2, -0.15) is 0 Å². The minimum absolute atomic E-state index is 0.0788. The average Bonchev–Trinajstić information content (AvgIpc) is 2.82. The van der Waals surface area contributed by atoms with Gasteiger partial charge in [0.2, 0.25) is 0 Å². The first-order valence-corrected chi connectivity index (χ1v) is 8.47. The summed E-state index contributed by atoms with van der Waals surface area (Å²) in [5, 5.41) is 10.5. The van der Waals surface area contributed by atoms with Crippen molar-refractivity contribution in [3.8, 4) is 11.5 Å². The van der Waals surface area contributed by atoms with Gasteiger partial charge in [-0.05, 0) is 30.5 Å². The molecule has 2 heterocycles. The van der Waals surface area contributed by atoms with Crippen molar-refractivity contribution in [2.45, 2.75) is 43.2 Å². The molecule has 0 aromatic heterocycles. The first-order chi connectivity index (χ1) is 10.4. The summed E-state index contributed by atoms with van der Waals surface area (Å²) in [4.78, 5) is 0. The lowest BCUT2D eigenvalue weighted by atomic mass is 9.50. The van der Waals surface area contributed by atoms with E-state index in [-0.39, 0.29) is 11.5 Å². The lowest BCUT2D eigenvalue weighted by Gasteiger charge is -2.60. The van der Waals surface area contributed by atoms with Gasteiger partial charge in [-0.3, -0.25) is 0 Å². The van der Waals surface area contributed by atoms with E-state index in [1.165, 1.54) is 24.1 Å². The third-order valence-electron chi connectivity index (χ3n) is 7.11. The topological polar surface area (TPSA) is 29.5 Å². The minimum atomic E-state index is 0.0788. The maximum Gasteiger partial charge on any atom is 0.130 e. The van der Waals surface area contributed by atoms with Gasteiger partial charge in [0, 0.05) is 29.9 Å². The van der Waals surface area contributed by atoms with Gasteiger partial charge in [-0.1, -0.05) is 6.58 Å². The number of phenolic OH excluding ortho intramolecular Hbond substituents is 1. The zero-order valence-electron chi connectivity index (χ0n) is 13.4. The van der Waals surface area contributed by atoms with Crippen LogP contribution in [0.2, 0.25) is 0 Å². The maximum absolute atomic E-state index is 10.5. The van der Waals surface area contributed by atoms with Crippen molar-refractivity contribution in [1.29, 1.82) is 0 Å². The fourth-order valence-electron chi connectivity index (χ4n) is 6.05. The molecule has 1 spiro atoms. The third kappa shape index (κ3) is 1.25. The summed E-state index contributed by atoms with van der Waals surface area (Å²) in [5.41, 5.74) is 3.82. The highest BCUT2D eigenvalue weighted by Gasteiger charge is 2.67. The number of likely N-dealkylation sites (N-methyl/N-ethyl adjacent to an activating group) is 1. The zero-order valence-corrected chi connectivity index (χ0v) is 13.4. The molecular weight excluding hydrogens is 274 g/mol. The number of ether oxygens (including phenoxy) is 1. The van der Waals surface area contributed by atoms with E-state index in [1.54, 1.807) is 0 Å². The molecule has 3 unspecified atom stereocenters. The van der Waals surface area contributed by atoms with Crippen LogP contribution in [0.4, 0.5) is 0 Å². The Labute approximate surface area is 131 Å². The summed E-state index contributed by atoms with van der Waals surface area (Å²) < 4.78 is 7.46. The van der Waals surface area contributed by atoms with Crippen LogP contribution >= 0.6 is 0 Å². The second kappa shape index (κ2) is 3.70. The van der Waals surface area contributed by atoms with Crippen LogP contribution in [-0.4, -0.2) is 42.4 Å². The maximum atomic E-state index is 10.5. The number of benzene rings is 1. The van der Waals surface area contributed by atoms with E-state index in [0.29, 0.717) is 17.7 Å². The van der Waals surface area contributed by atoms with E-state index in [2.05, 4.69) is 20.7 Å². The number of hydrogen-bond donors (Lipinski definition) is 1. The Morgan fingerprint density at radius 2 is 2.18 bits per heavy atom. The average molecular weight is 298 g/mol. The molecule has 2 aliphatic heterocycles. The second-order valence-corrected chi connectivity index (χ2v) is 8.30. The first kappa shape index (κ1) is 13.0. The van der Waals surface area contributed by atoms with Gasteiger partial charge >= 0.3 is 0 Å². The summed E-state index contributed by atoms with van der Waals surface area (Å²) in [6.45, 7) is 5.52. The van der Waals surface area contributed by atoms with Crippen LogP contribution in [0.5, 0.6) is 11.5 Å². The molecule has 1 N–H and O–H groups in total. The summed E-state index contributed by atoms with van der Waals surface area (Å²) in [6.07, 6.45) is 4.57. The van der Waals surface area contributed by atoms with E-state index in [9.17, 15) is 5.11 Å². The molecule has 1 saturated carbocycles. The largest absolute Gasteiger partial charge is 0.508 e. The Morgan fingerprint density at radius 1 is 1.36 bits per heavy atom. The van der Waals surface area contributed by atoms with Crippen molar-refractivity contribution in [2.24, 2.45) is 5.92 Å². The van der Waals surface area contributed by atoms with Gasteiger partial charge in [-0.15, -0.1) is 0 Å². The van der Waals surface area contributed by atoms with Crippen LogP contribution in [0.3, 0.4) is 0 Å². The molecule has 1 saturated heterocycles. The van der Waals surface area contributed by atoms with E-state index >= 15 is 0 Å². The summed E-state index contributed by atoms with van der Waals surface area (Å²) in [6, 6.07) is 4.38. The first-order valence-electron chi connectivity index (χ1n) is 8.47. The van der Waals surface area contributed by atoms with Crippen LogP contribution < -0.4 is 4.74 Å². The van der Waals surface area contributed by atoms with Crippen LogP contribution in [0.15, 0.2) is 24.3 Å². The highest BCUT2D eigenvalue weighted by molar-refractivity contribution is 5.60. The highest BCUT2D eigenvalue weighted by atomic mass is 16.5. The Kier molecular flexibility index (Phi) is 2.19. The standard InChI is InChI=1S/C19H23NO2/c1-11-4-5-13-14-10-12-15(21)6-7-16-17(12)19(13,18(11)22-16)8-9-20(14,2)3/h6-7,13-14,18H,1,4-5,8-10H2,2-3H3/p+1/t13?,14?,18?,19-/m0/s1.